The van der Waals surface area contributed by atoms with Crippen LogP contribution in [0.2, 0.25) is 0 Å². The van der Waals surface area contributed by atoms with Gasteiger partial charge >= 0.3 is 0 Å². The lowest BCUT2D eigenvalue weighted by Crippen LogP contribution is -2.34. The molecule has 1 aliphatic rings. The summed E-state index contributed by atoms with van der Waals surface area (Å²) in [7, 11) is 0. The number of hydrogen-bond acceptors (Lipinski definition) is 2. The normalized spacial score (nSPS) is 18.6. The van der Waals surface area contributed by atoms with Gasteiger partial charge in [0.25, 0.3) is 0 Å². The smallest absolute Gasteiger partial charge is 0.0782 e. The average Bonchev–Trinajstić information content (AvgIpc) is 2.40. The Bertz CT molecular complexity index is 411. The van der Waals surface area contributed by atoms with Crippen LogP contribution in [-0.2, 0) is 0 Å². The van der Waals surface area contributed by atoms with Crippen LogP contribution in [0.1, 0.15) is 51.2 Å². The van der Waals surface area contributed by atoms with Crippen LogP contribution < -0.4 is 4.90 Å². The molecule has 0 saturated carbocycles. The number of halogens is 1. The summed E-state index contributed by atoms with van der Waals surface area (Å²) in [4.78, 5) is 2.43. The van der Waals surface area contributed by atoms with Crippen LogP contribution in [0.5, 0.6) is 0 Å². The van der Waals surface area contributed by atoms with Crippen LogP contribution in [0.3, 0.4) is 0 Å². The van der Waals surface area contributed by atoms with Crippen molar-refractivity contribution in [3.63, 3.8) is 0 Å². The molecule has 1 atom stereocenters. The molecule has 3 heteroatoms. The molecule has 1 N–H and O–H groups in total. The number of nitrogens with zero attached hydrogens (tertiary/aromatic N) is 1. The molecule has 1 heterocycles. The molecule has 106 valence electrons. The Labute approximate surface area is 124 Å². The SMILES string of the molecule is CCCC1CCN(c2ccc(Br)cc2C(C)O)CC1. The van der Waals surface area contributed by atoms with E-state index in [9.17, 15) is 5.11 Å². The zero-order valence-electron chi connectivity index (χ0n) is 11.9. The van der Waals surface area contributed by atoms with Crippen molar-refractivity contribution in [1.29, 1.82) is 0 Å². The largest absolute Gasteiger partial charge is 0.389 e. The van der Waals surface area contributed by atoms with Gasteiger partial charge in [-0.05, 0) is 43.9 Å². The van der Waals surface area contributed by atoms with Gasteiger partial charge in [-0.15, -0.1) is 0 Å². The Morgan fingerprint density at radius 3 is 2.63 bits per heavy atom. The maximum Gasteiger partial charge on any atom is 0.0782 e. The van der Waals surface area contributed by atoms with Crippen molar-refractivity contribution in [3.05, 3.63) is 28.2 Å². The van der Waals surface area contributed by atoms with Crippen molar-refractivity contribution in [2.45, 2.75) is 45.6 Å². The van der Waals surface area contributed by atoms with E-state index in [1.165, 1.54) is 31.4 Å². The average molecular weight is 326 g/mol. The molecule has 1 aromatic rings. The van der Waals surface area contributed by atoms with Crippen LogP contribution in [-0.4, -0.2) is 18.2 Å². The van der Waals surface area contributed by atoms with Crippen molar-refractivity contribution < 1.29 is 5.11 Å². The van der Waals surface area contributed by atoms with E-state index >= 15 is 0 Å². The van der Waals surface area contributed by atoms with Gasteiger partial charge < -0.3 is 10.0 Å². The lowest BCUT2D eigenvalue weighted by atomic mass is 9.92. The molecule has 0 bridgehead atoms. The minimum atomic E-state index is -0.416. The van der Waals surface area contributed by atoms with Crippen molar-refractivity contribution in [3.8, 4) is 0 Å². The Morgan fingerprint density at radius 1 is 1.37 bits per heavy atom. The van der Waals surface area contributed by atoms with E-state index in [1.54, 1.807) is 0 Å². The first-order valence-electron chi connectivity index (χ1n) is 7.34. The maximum atomic E-state index is 9.95. The summed E-state index contributed by atoms with van der Waals surface area (Å²) in [6.45, 7) is 6.35. The second-order valence-electron chi connectivity index (χ2n) is 5.60. The molecule has 2 nitrogen and oxygen atoms in total. The molecule has 1 unspecified atom stereocenters. The third-order valence-electron chi connectivity index (χ3n) is 4.09. The predicted molar refractivity (Wildman–Crippen MR) is 84.6 cm³/mol. The molecule has 1 aliphatic heterocycles. The quantitative estimate of drug-likeness (QED) is 0.879. The van der Waals surface area contributed by atoms with E-state index in [0.29, 0.717) is 0 Å². The van der Waals surface area contributed by atoms with E-state index in [-0.39, 0.29) is 0 Å². The summed E-state index contributed by atoms with van der Waals surface area (Å²) in [6.07, 6.45) is 4.80. The van der Waals surface area contributed by atoms with E-state index in [0.717, 1.165) is 29.0 Å². The fourth-order valence-electron chi connectivity index (χ4n) is 3.02. The predicted octanol–water partition coefficient (Wildman–Crippen LogP) is 4.52. The van der Waals surface area contributed by atoms with Gasteiger partial charge in [-0.25, -0.2) is 0 Å². The van der Waals surface area contributed by atoms with E-state index in [1.807, 2.05) is 13.0 Å². The highest BCUT2D eigenvalue weighted by Gasteiger charge is 2.21. The van der Waals surface area contributed by atoms with Crippen molar-refractivity contribution in [1.82, 2.24) is 0 Å². The third kappa shape index (κ3) is 3.73. The highest BCUT2D eigenvalue weighted by molar-refractivity contribution is 9.10. The fraction of sp³-hybridized carbons (Fsp3) is 0.625. The molecule has 0 amide bonds. The molecule has 2 rings (SSSR count). The van der Waals surface area contributed by atoms with Crippen molar-refractivity contribution in [2.75, 3.05) is 18.0 Å². The van der Waals surface area contributed by atoms with Crippen LogP contribution in [0.4, 0.5) is 5.69 Å². The summed E-state index contributed by atoms with van der Waals surface area (Å²) < 4.78 is 1.04. The minimum absolute atomic E-state index is 0.416. The van der Waals surface area contributed by atoms with Gasteiger partial charge in [0.1, 0.15) is 0 Å². The number of piperidine rings is 1. The second kappa shape index (κ2) is 6.76. The van der Waals surface area contributed by atoms with E-state index in [4.69, 9.17) is 0 Å². The Balaban J connectivity index is 2.11. The Morgan fingerprint density at radius 2 is 2.05 bits per heavy atom. The summed E-state index contributed by atoms with van der Waals surface area (Å²) in [5, 5.41) is 9.95. The van der Waals surface area contributed by atoms with Gasteiger partial charge in [-0.1, -0.05) is 35.7 Å². The van der Waals surface area contributed by atoms with Crippen molar-refractivity contribution >= 4 is 21.6 Å². The van der Waals surface area contributed by atoms with Gasteiger partial charge in [-0.3, -0.25) is 0 Å². The van der Waals surface area contributed by atoms with E-state index in [2.05, 4.69) is 39.9 Å². The molecule has 0 aromatic heterocycles. The highest BCUT2D eigenvalue weighted by atomic mass is 79.9. The molecule has 1 fully saturated rings. The maximum absolute atomic E-state index is 9.95. The van der Waals surface area contributed by atoms with Crippen LogP contribution in [0.25, 0.3) is 0 Å². The first-order chi connectivity index (χ1) is 9.11. The first-order valence-corrected chi connectivity index (χ1v) is 8.13. The van der Waals surface area contributed by atoms with E-state index < -0.39 is 6.10 Å². The van der Waals surface area contributed by atoms with Crippen LogP contribution in [0, 0.1) is 5.92 Å². The summed E-state index contributed by atoms with van der Waals surface area (Å²) in [5.74, 6) is 0.895. The standard InChI is InChI=1S/C16H24BrNO/c1-3-4-13-7-9-18(10-8-13)16-6-5-14(17)11-15(16)12(2)19/h5-6,11-13,19H,3-4,7-10H2,1-2H3. The zero-order valence-corrected chi connectivity index (χ0v) is 13.5. The second-order valence-corrected chi connectivity index (χ2v) is 6.51. The summed E-state index contributed by atoms with van der Waals surface area (Å²) in [5.41, 5.74) is 2.23. The van der Waals surface area contributed by atoms with Crippen LogP contribution in [0.15, 0.2) is 22.7 Å². The Hall–Kier alpha value is -0.540. The first kappa shape index (κ1) is 14.9. The van der Waals surface area contributed by atoms with Gasteiger partial charge in [0.2, 0.25) is 0 Å². The lowest BCUT2D eigenvalue weighted by molar-refractivity contribution is 0.199. The molecule has 0 aliphatic carbocycles. The number of aliphatic hydroxyl groups excluding tert-OH is 1. The van der Waals surface area contributed by atoms with Gasteiger partial charge in [0, 0.05) is 28.8 Å². The number of aliphatic hydroxyl groups is 1. The molecule has 1 aromatic carbocycles. The van der Waals surface area contributed by atoms with Crippen LogP contribution >= 0.6 is 15.9 Å². The highest BCUT2D eigenvalue weighted by Crippen LogP contribution is 2.33. The fourth-order valence-corrected chi connectivity index (χ4v) is 3.40. The third-order valence-corrected chi connectivity index (χ3v) is 4.59. The topological polar surface area (TPSA) is 23.5 Å². The monoisotopic (exact) mass is 325 g/mol. The number of benzene rings is 1. The lowest BCUT2D eigenvalue weighted by Gasteiger charge is -2.35. The minimum Gasteiger partial charge on any atom is -0.389 e. The summed E-state index contributed by atoms with van der Waals surface area (Å²) >= 11 is 3.49. The zero-order chi connectivity index (χ0) is 13.8. The number of hydrogen-bond donors (Lipinski definition) is 1. The molecule has 0 radical (unpaired) electrons. The molecular weight excluding hydrogens is 302 g/mol. The summed E-state index contributed by atoms with van der Waals surface area (Å²) in [6, 6.07) is 6.24. The van der Waals surface area contributed by atoms with Gasteiger partial charge in [0.05, 0.1) is 6.10 Å². The molecule has 0 spiro atoms. The van der Waals surface area contributed by atoms with Gasteiger partial charge in [0.15, 0.2) is 0 Å². The van der Waals surface area contributed by atoms with Gasteiger partial charge in [-0.2, -0.15) is 0 Å². The Kier molecular flexibility index (Phi) is 5.28. The molecule has 19 heavy (non-hydrogen) atoms. The number of rotatable bonds is 4. The van der Waals surface area contributed by atoms with Crippen molar-refractivity contribution in [2.24, 2.45) is 5.92 Å². The molecule has 1 saturated heterocycles. The molecular formula is C16H24BrNO. The number of anilines is 1.